The van der Waals surface area contributed by atoms with Crippen molar-refractivity contribution in [2.45, 2.75) is 32.6 Å². The molecule has 0 saturated carbocycles. The van der Waals surface area contributed by atoms with Gasteiger partial charge in [0.15, 0.2) is 0 Å². The SMILES string of the molecule is CCC(CC)COc1ccc(Br)cc1CCl. The Kier molecular flexibility index (Phi) is 6.22. The Morgan fingerprint density at radius 3 is 2.56 bits per heavy atom. The van der Waals surface area contributed by atoms with Crippen molar-refractivity contribution >= 4 is 27.5 Å². The van der Waals surface area contributed by atoms with E-state index in [1.807, 2.05) is 18.2 Å². The van der Waals surface area contributed by atoms with Crippen LogP contribution in [0.25, 0.3) is 0 Å². The van der Waals surface area contributed by atoms with Crippen LogP contribution in [0, 0.1) is 5.92 Å². The summed E-state index contributed by atoms with van der Waals surface area (Å²) in [5.74, 6) is 2.02. The first kappa shape index (κ1) is 13.9. The van der Waals surface area contributed by atoms with Crippen LogP contribution in [0.1, 0.15) is 32.3 Å². The van der Waals surface area contributed by atoms with Gasteiger partial charge in [-0.3, -0.25) is 0 Å². The molecular formula is C13H18BrClO. The van der Waals surface area contributed by atoms with Gasteiger partial charge in [0.05, 0.1) is 12.5 Å². The average Bonchev–Trinajstić information content (AvgIpc) is 2.31. The smallest absolute Gasteiger partial charge is 0.123 e. The van der Waals surface area contributed by atoms with Gasteiger partial charge in [0.1, 0.15) is 5.75 Å². The summed E-state index contributed by atoms with van der Waals surface area (Å²) in [6.45, 7) is 5.17. The van der Waals surface area contributed by atoms with Crippen molar-refractivity contribution in [1.82, 2.24) is 0 Å². The minimum absolute atomic E-state index is 0.484. The van der Waals surface area contributed by atoms with Crippen molar-refractivity contribution in [3.05, 3.63) is 28.2 Å². The highest BCUT2D eigenvalue weighted by Crippen LogP contribution is 2.25. The third kappa shape index (κ3) is 3.99. The first-order valence-corrected chi connectivity index (χ1v) is 7.01. The van der Waals surface area contributed by atoms with Gasteiger partial charge in [-0.25, -0.2) is 0 Å². The summed E-state index contributed by atoms with van der Waals surface area (Å²) in [4.78, 5) is 0. The normalized spacial score (nSPS) is 10.8. The van der Waals surface area contributed by atoms with Gasteiger partial charge in [0, 0.05) is 10.0 Å². The molecule has 0 amide bonds. The van der Waals surface area contributed by atoms with Gasteiger partial charge in [-0.05, 0) is 24.1 Å². The van der Waals surface area contributed by atoms with Crippen molar-refractivity contribution in [1.29, 1.82) is 0 Å². The van der Waals surface area contributed by atoms with Crippen LogP contribution in [0.3, 0.4) is 0 Å². The van der Waals surface area contributed by atoms with Crippen LogP contribution in [-0.2, 0) is 5.88 Å². The Bertz CT molecular complexity index is 324. The first-order valence-electron chi connectivity index (χ1n) is 5.68. The second-order valence-corrected chi connectivity index (χ2v) is 5.06. The molecule has 0 bridgehead atoms. The molecule has 0 saturated heterocycles. The highest BCUT2D eigenvalue weighted by atomic mass is 79.9. The molecule has 1 aromatic rings. The van der Waals surface area contributed by atoms with E-state index in [2.05, 4.69) is 29.8 Å². The summed E-state index contributed by atoms with van der Waals surface area (Å²) in [6.07, 6.45) is 2.31. The predicted molar refractivity (Wildman–Crippen MR) is 73.3 cm³/mol. The lowest BCUT2D eigenvalue weighted by molar-refractivity contribution is 0.239. The second kappa shape index (κ2) is 7.18. The van der Waals surface area contributed by atoms with Gasteiger partial charge in [0.25, 0.3) is 0 Å². The van der Waals surface area contributed by atoms with Crippen LogP contribution in [0.2, 0.25) is 0 Å². The van der Waals surface area contributed by atoms with Crippen LogP contribution in [-0.4, -0.2) is 6.61 Å². The summed E-state index contributed by atoms with van der Waals surface area (Å²) >= 11 is 9.32. The number of benzene rings is 1. The summed E-state index contributed by atoms with van der Waals surface area (Å²) in [6, 6.07) is 5.97. The van der Waals surface area contributed by atoms with Crippen molar-refractivity contribution < 1.29 is 4.74 Å². The van der Waals surface area contributed by atoms with E-state index in [9.17, 15) is 0 Å². The minimum Gasteiger partial charge on any atom is -0.493 e. The monoisotopic (exact) mass is 304 g/mol. The van der Waals surface area contributed by atoms with Gasteiger partial charge in [-0.15, -0.1) is 11.6 Å². The zero-order chi connectivity index (χ0) is 12.0. The highest BCUT2D eigenvalue weighted by Gasteiger charge is 2.07. The zero-order valence-electron chi connectivity index (χ0n) is 9.80. The lowest BCUT2D eigenvalue weighted by atomic mass is 10.1. The molecule has 0 N–H and O–H groups in total. The number of rotatable bonds is 6. The third-order valence-electron chi connectivity index (χ3n) is 2.80. The zero-order valence-corrected chi connectivity index (χ0v) is 12.1. The van der Waals surface area contributed by atoms with E-state index in [4.69, 9.17) is 16.3 Å². The molecule has 0 aromatic heterocycles. The van der Waals surface area contributed by atoms with E-state index < -0.39 is 0 Å². The molecule has 0 aliphatic rings. The topological polar surface area (TPSA) is 9.23 Å². The Labute approximate surface area is 111 Å². The number of ether oxygens (including phenoxy) is 1. The molecule has 3 heteroatoms. The van der Waals surface area contributed by atoms with Crippen LogP contribution in [0.5, 0.6) is 5.75 Å². The first-order chi connectivity index (χ1) is 7.71. The van der Waals surface area contributed by atoms with Crippen molar-refractivity contribution in [2.75, 3.05) is 6.61 Å². The average molecular weight is 306 g/mol. The van der Waals surface area contributed by atoms with Gasteiger partial charge in [0.2, 0.25) is 0 Å². The van der Waals surface area contributed by atoms with Crippen LogP contribution < -0.4 is 4.74 Å². The predicted octanol–water partition coefficient (Wildman–Crippen LogP) is 5.00. The van der Waals surface area contributed by atoms with Crippen LogP contribution in [0.4, 0.5) is 0 Å². The fourth-order valence-corrected chi connectivity index (χ4v) is 2.14. The third-order valence-corrected chi connectivity index (χ3v) is 3.58. The largest absolute Gasteiger partial charge is 0.493 e. The summed E-state index contributed by atoms with van der Waals surface area (Å²) in [5, 5.41) is 0. The Hall–Kier alpha value is -0.210. The van der Waals surface area contributed by atoms with Gasteiger partial charge in [-0.1, -0.05) is 42.6 Å². The minimum atomic E-state index is 0.484. The number of hydrogen-bond acceptors (Lipinski definition) is 1. The van der Waals surface area contributed by atoms with Crippen molar-refractivity contribution in [3.8, 4) is 5.75 Å². The molecule has 16 heavy (non-hydrogen) atoms. The number of alkyl halides is 1. The molecule has 0 heterocycles. The van der Waals surface area contributed by atoms with Crippen molar-refractivity contribution in [2.24, 2.45) is 5.92 Å². The molecule has 0 radical (unpaired) electrons. The molecule has 1 nitrogen and oxygen atoms in total. The maximum atomic E-state index is 5.89. The molecule has 0 aliphatic heterocycles. The Morgan fingerprint density at radius 2 is 2.00 bits per heavy atom. The van der Waals surface area contributed by atoms with Crippen LogP contribution in [0.15, 0.2) is 22.7 Å². The van der Waals surface area contributed by atoms with Crippen molar-refractivity contribution in [3.63, 3.8) is 0 Å². The summed E-state index contributed by atoms with van der Waals surface area (Å²) < 4.78 is 6.86. The summed E-state index contributed by atoms with van der Waals surface area (Å²) in [5.41, 5.74) is 1.04. The Balaban J connectivity index is 2.65. The van der Waals surface area contributed by atoms with E-state index in [0.29, 0.717) is 11.8 Å². The second-order valence-electron chi connectivity index (χ2n) is 3.88. The van der Waals surface area contributed by atoms with Gasteiger partial charge < -0.3 is 4.74 Å². The molecule has 0 unspecified atom stereocenters. The lowest BCUT2D eigenvalue weighted by Crippen LogP contribution is -2.10. The van der Waals surface area contributed by atoms with E-state index in [1.165, 1.54) is 0 Å². The molecule has 1 aromatic carbocycles. The fourth-order valence-electron chi connectivity index (χ4n) is 1.53. The molecular weight excluding hydrogens is 287 g/mol. The maximum Gasteiger partial charge on any atom is 0.123 e. The van der Waals surface area contributed by atoms with E-state index >= 15 is 0 Å². The maximum absolute atomic E-state index is 5.89. The highest BCUT2D eigenvalue weighted by molar-refractivity contribution is 9.10. The standard InChI is InChI=1S/C13H18BrClO/c1-3-10(4-2)9-16-13-6-5-12(14)7-11(13)8-15/h5-7,10H,3-4,8-9H2,1-2H3. The molecule has 0 fully saturated rings. The van der Waals surface area contributed by atoms with E-state index in [-0.39, 0.29) is 0 Å². The Morgan fingerprint density at radius 1 is 1.31 bits per heavy atom. The summed E-state index contributed by atoms with van der Waals surface area (Å²) in [7, 11) is 0. The molecule has 0 spiro atoms. The molecule has 90 valence electrons. The van der Waals surface area contributed by atoms with E-state index in [1.54, 1.807) is 0 Å². The molecule has 1 rings (SSSR count). The molecule has 0 atom stereocenters. The molecule has 0 aliphatic carbocycles. The van der Waals surface area contributed by atoms with E-state index in [0.717, 1.165) is 35.2 Å². The van der Waals surface area contributed by atoms with Crippen LogP contribution >= 0.6 is 27.5 Å². The fraction of sp³-hybridized carbons (Fsp3) is 0.538. The quantitative estimate of drug-likeness (QED) is 0.672. The lowest BCUT2D eigenvalue weighted by Gasteiger charge is -2.15. The van der Waals surface area contributed by atoms with Gasteiger partial charge in [-0.2, -0.15) is 0 Å². The van der Waals surface area contributed by atoms with Gasteiger partial charge >= 0.3 is 0 Å². The number of hydrogen-bond donors (Lipinski definition) is 0. The number of halogens is 2.